The molecule has 26 heavy (non-hydrogen) atoms. The van der Waals surface area contributed by atoms with Gasteiger partial charge in [0, 0.05) is 18.3 Å². The number of para-hydroxylation sites is 1. The van der Waals surface area contributed by atoms with Crippen LogP contribution in [0.2, 0.25) is 0 Å². The second-order valence-corrected chi connectivity index (χ2v) is 6.13. The van der Waals surface area contributed by atoms with Crippen molar-refractivity contribution in [1.29, 1.82) is 0 Å². The number of rotatable bonds is 3. The van der Waals surface area contributed by atoms with Crippen LogP contribution in [0.4, 0.5) is 5.69 Å². The van der Waals surface area contributed by atoms with Crippen molar-refractivity contribution in [2.75, 3.05) is 11.9 Å². The number of carbonyl (C=O) groups is 1. The van der Waals surface area contributed by atoms with E-state index in [1.165, 1.54) is 22.4 Å². The number of nitrogens with one attached hydrogen (secondary N) is 2. The fourth-order valence-electron chi connectivity index (χ4n) is 3.10. The molecule has 130 valence electrons. The number of nitrogens with zero attached hydrogens (tertiary/aromatic N) is 2. The molecule has 0 spiro atoms. The van der Waals surface area contributed by atoms with Crippen LogP contribution in [0.25, 0.3) is 5.69 Å². The van der Waals surface area contributed by atoms with E-state index < -0.39 is 0 Å². The van der Waals surface area contributed by atoms with Gasteiger partial charge in [-0.05, 0) is 48.4 Å². The zero-order valence-electron chi connectivity index (χ0n) is 14.1. The number of benzene rings is 2. The van der Waals surface area contributed by atoms with Gasteiger partial charge in [0.05, 0.1) is 5.69 Å². The van der Waals surface area contributed by atoms with Crippen LogP contribution < -0.4 is 16.2 Å². The first-order chi connectivity index (χ1) is 12.7. The van der Waals surface area contributed by atoms with Crippen LogP contribution >= 0.6 is 0 Å². The molecular weight excluding hydrogens is 328 g/mol. The van der Waals surface area contributed by atoms with E-state index in [1.54, 1.807) is 12.1 Å². The van der Waals surface area contributed by atoms with E-state index in [2.05, 4.69) is 21.8 Å². The number of hydrogen-bond acceptors (Lipinski definition) is 4. The minimum absolute atomic E-state index is 0.190. The Balaban J connectivity index is 1.65. The lowest BCUT2D eigenvalue weighted by Crippen LogP contribution is -2.27. The Bertz CT molecular complexity index is 1010. The molecule has 0 saturated heterocycles. The lowest BCUT2D eigenvalue weighted by Gasteiger charge is -2.20. The van der Waals surface area contributed by atoms with E-state index in [4.69, 9.17) is 0 Å². The van der Waals surface area contributed by atoms with Gasteiger partial charge in [-0.2, -0.15) is 9.78 Å². The van der Waals surface area contributed by atoms with Gasteiger partial charge in [0.15, 0.2) is 0 Å². The molecule has 1 aromatic heterocycles. The molecule has 2 N–H and O–H groups in total. The fraction of sp³-hybridized carbons (Fsp3) is 0.150. The summed E-state index contributed by atoms with van der Waals surface area (Å²) in [4.78, 5) is 24.8. The van der Waals surface area contributed by atoms with E-state index in [9.17, 15) is 9.59 Å². The molecule has 0 fully saturated rings. The van der Waals surface area contributed by atoms with Crippen molar-refractivity contribution >= 4 is 11.6 Å². The molecule has 2 heterocycles. The summed E-state index contributed by atoms with van der Waals surface area (Å²) < 4.78 is 1.23. The summed E-state index contributed by atoms with van der Waals surface area (Å²) in [7, 11) is 0. The molecular formula is C20H18N4O2. The van der Waals surface area contributed by atoms with Crippen LogP contribution in [0.3, 0.4) is 0 Å². The minimum atomic E-state index is -0.339. The number of fused-ring (bicyclic) bond motifs is 1. The van der Waals surface area contributed by atoms with Gasteiger partial charge in [0.2, 0.25) is 0 Å². The molecule has 1 aliphatic heterocycles. The zero-order valence-corrected chi connectivity index (χ0v) is 14.1. The van der Waals surface area contributed by atoms with E-state index in [-0.39, 0.29) is 17.2 Å². The van der Waals surface area contributed by atoms with Gasteiger partial charge in [-0.15, -0.1) is 0 Å². The number of carbonyl (C=O) groups excluding carboxylic acids is 1. The second-order valence-electron chi connectivity index (χ2n) is 6.13. The van der Waals surface area contributed by atoms with Crippen LogP contribution in [-0.4, -0.2) is 22.2 Å². The molecule has 3 aromatic rings. The normalized spacial score (nSPS) is 13.1. The van der Waals surface area contributed by atoms with Crippen LogP contribution in [0.15, 0.2) is 65.5 Å². The van der Waals surface area contributed by atoms with Crippen LogP contribution in [0.5, 0.6) is 0 Å². The highest BCUT2D eigenvalue weighted by Gasteiger charge is 2.16. The SMILES string of the molecule is O=C(Nc1cccc2c1CNCC2)c1ccc(=O)n(-c2ccccc2)n1. The molecule has 0 saturated carbocycles. The van der Waals surface area contributed by atoms with Gasteiger partial charge < -0.3 is 10.6 Å². The summed E-state index contributed by atoms with van der Waals surface area (Å²) >= 11 is 0. The molecule has 0 bridgehead atoms. The highest BCUT2D eigenvalue weighted by Crippen LogP contribution is 2.23. The first-order valence-corrected chi connectivity index (χ1v) is 8.51. The van der Waals surface area contributed by atoms with Crippen molar-refractivity contribution in [3.05, 3.63) is 87.8 Å². The summed E-state index contributed by atoms with van der Waals surface area (Å²) in [5, 5.41) is 10.5. The highest BCUT2D eigenvalue weighted by atomic mass is 16.2. The summed E-state index contributed by atoms with van der Waals surface area (Å²) in [5.41, 5.74) is 3.64. The Morgan fingerprint density at radius 3 is 2.73 bits per heavy atom. The Morgan fingerprint density at radius 1 is 1.04 bits per heavy atom. The first kappa shape index (κ1) is 16.2. The van der Waals surface area contributed by atoms with Crippen molar-refractivity contribution in [2.45, 2.75) is 13.0 Å². The van der Waals surface area contributed by atoms with Crippen molar-refractivity contribution in [3.63, 3.8) is 0 Å². The molecule has 6 heteroatoms. The Labute approximate surface area is 150 Å². The van der Waals surface area contributed by atoms with Crippen molar-refractivity contribution in [1.82, 2.24) is 15.1 Å². The third-order valence-corrected chi connectivity index (χ3v) is 4.43. The smallest absolute Gasteiger partial charge is 0.276 e. The zero-order chi connectivity index (χ0) is 17.9. The van der Waals surface area contributed by atoms with Crippen LogP contribution in [-0.2, 0) is 13.0 Å². The van der Waals surface area contributed by atoms with Gasteiger partial charge in [0.1, 0.15) is 5.69 Å². The molecule has 0 atom stereocenters. The number of anilines is 1. The molecule has 0 radical (unpaired) electrons. The lowest BCUT2D eigenvalue weighted by atomic mass is 9.99. The van der Waals surface area contributed by atoms with Gasteiger partial charge in [-0.1, -0.05) is 30.3 Å². The summed E-state index contributed by atoms with van der Waals surface area (Å²) in [6.45, 7) is 1.66. The third kappa shape index (κ3) is 3.14. The Kier molecular flexibility index (Phi) is 4.33. The quantitative estimate of drug-likeness (QED) is 0.762. The first-order valence-electron chi connectivity index (χ1n) is 8.51. The van der Waals surface area contributed by atoms with E-state index in [0.29, 0.717) is 5.69 Å². The molecule has 1 aliphatic rings. The van der Waals surface area contributed by atoms with Gasteiger partial charge in [-0.25, -0.2) is 0 Å². The molecule has 6 nitrogen and oxygen atoms in total. The summed E-state index contributed by atoms with van der Waals surface area (Å²) in [6.07, 6.45) is 0.941. The lowest BCUT2D eigenvalue weighted by molar-refractivity contribution is 0.102. The van der Waals surface area contributed by atoms with Gasteiger partial charge in [0.25, 0.3) is 11.5 Å². The number of amides is 1. The van der Waals surface area contributed by atoms with Crippen molar-refractivity contribution in [2.24, 2.45) is 0 Å². The van der Waals surface area contributed by atoms with Gasteiger partial charge >= 0.3 is 0 Å². The molecule has 0 unspecified atom stereocenters. The molecule has 1 amide bonds. The summed E-state index contributed by atoms with van der Waals surface area (Å²) in [6, 6.07) is 17.8. The topological polar surface area (TPSA) is 76.0 Å². The van der Waals surface area contributed by atoms with E-state index >= 15 is 0 Å². The fourth-order valence-corrected chi connectivity index (χ4v) is 3.10. The largest absolute Gasteiger partial charge is 0.320 e. The standard InChI is InChI=1S/C20H18N4O2/c25-19-10-9-18(23-24(19)15-6-2-1-3-7-15)20(26)22-17-8-4-5-14-11-12-21-13-16(14)17/h1-10,21H,11-13H2,(H,22,26). The highest BCUT2D eigenvalue weighted by molar-refractivity contribution is 6.03. The van der Waals surface area contributed by atoms with Crippen LogP contribution in [0.1, 0.15) is 21.6 Å². The minimum Gasteiger partial charge on any atom is -0.320 e. The summed E-state index contributed by atoms with van der Waals surface area (Å²) in [5.74, 6) is -0.339. The van der Waals surface area contributed by atoms with E-state index in [1.807, 2.05) is 30.3 Å². The predicted octanol–water partition coefficient (Wildman–Crippen LogP) is 2.13. The third-order valence-electron chi connectivity index (χ3n) is 4.43. The van der Waals surface area contributed by atoms with E-state index in [0.717, 1.165) is 30.8 Å². The predicted molar refractivity (Wildman–Crippen MR) is 99.6 cm³/mol. The maximum atomic E-state index is 12.7. The average molecular weight is 346 g/mol. The molecule has 0 aliphatic carbocycles. The van der Waals surface area contributed by atoms with Crippen LogP contribution in [0, 0.1) is 0 Å². The van der Waals surface area contributed by atoms with Crippen molar-refractivity contribution < 1.29 is 4.79 Å². The Morgan fingerprint density at radius 2 is 1.88 bits per heavy atom. The second kappa shape index (κ2) is 6.93. The Hall–Kier alpha value is -3.25. The maximum Gasteiger partial charge on any atom is 0.276 e. The van der Waals surface area contributed by atoms with Gasteiger partial charge in [-0.3, -0.25) is 9.59 Å². The maximum absolute atomic E-state index is 12.7. The number of hydrogen-bond donors (Lipinski definition) is 2. The molecule has 4 rings (SSSR count). The van der Waals surface area contributed by atoms with Crippen molar-refractivity contribution in [3.8, 4) is 5.69 Å². The average Bonchev–Trinajstić information content (AvgIpc) is 2.69. The number of aromatic nitrogens is 2. The molecule has 2 aromatic carbocycles. The monoisotopic (exact) mass is 346 g/mol.